The number of aliphatic hydroxyl groups is 1. The van der Waals surface area contributed by atoms with Crippen LogP contribution in [-0.2, 0) is 6.42 Å². The zero-order chi connectivity index (χ0) is 18.0. The summed E-state index contributed by atoms with van der Waals surface area (Å²) in [5.74, 6) is 2.54. The molecule has 0 radical (unpaired) electrons. The second-order valence-corrected chi connectivity index (χ2v) is 5.80. The van der Waals surface area contributed by atoms with Crippen molar-refractivity contribution < 1.29 is 24.1 Å². The lowest BCUT2D eigenvalue weighted by molar-refractivity contribution is 0.177. The number of aliphatic hydroxyl groups excluding tert-OH is 1. The second kappa shape index (κ2) is 7.07. The summed E-state index contributed by atoms with van der Waals surface area (Å²) in [5.41, 5.74) is 3.67. The van der Waals surface area contributed by atoms with Gasteiger partial charge in [0.25, 0.3) is 0 Å². The van der Waals surface area contributed by atoms with Crippen LogP contribution in [0.3, 0.4) is 0 Å². The third-order valence-electron chi connectivity index (χ3n) is 4.45. The monoisotopic (exact) mass is 342 g/mol. The van der Waals surface area contributed by atoms with Crippen molar-refractivity contribution in [2.75, 3.05) is 28.4 Å². The van der Waals surface area contributed by atoms with Gasteiger partial charge in [-0.25, -0.2) is 0 Å². The summed E-state index contributed by atoms with van der Waals surface area (Å²) in [6.45, 7) is 0. The average Bonchev–Trinajstić information content (AvgIpc) is 2.64. The van der Waals surface area contributed by atoms with Crippen molar-refractivity contribution in [1.82, 2.24) is 0 Å². The van der Waals surface area contributed by atoms with Gasteiger partial charge in [-0.05, 0) is 46.5 Å². The molecule has 0 aromatic heterocycles. The first kappa shape index (κ1) is 17.2. The summed E-state index contributed by atoms with van der Waals surface area (Å²) in [6.07, 6.45) is 3.76. The Bertz CT molecular complexity index is 810. The summed E-state index contributed by atoms with van der Waals surface area (Å²) in [4.78, 5) is 0. The Morgan fingerprint density at radius 3 is 1.80 bits per heavy atom. The van der Waals surface area contributed by atoms with Gasteiger partial charge in [-0.3, -0.25) is 0 Å². The molecule has 0 bridgehead atoms. The van der Waals surface area contributed by atoms with E-state index in [1.54, 1.807) is 28.4 Å². The van der Waals surface area contributed by atoms with E-state index in [1.165, 1.54) is 0 Å². The Morgan fingerprint density at radius 2 is 1.20 bits per heavy atom. The molecule has 1 aliphatic rings. The Morgan fingerprint density at radius 1 is 0.720 bits per heavy atom. The minimum Gasteiger partial charge on any atom is -0.493 e. The molecule has 1 N–H and O–H groups in total. The average molecular weight is 342 g/mol. The lowest BCUT2D eigenvalue weighted by atomic mass is 9.90. The van der Waals surface area contributed by atoms with E-state index in [0.717, 1.165) is 22.3 Å². The molecule has 0 amide bonds. The van der Waals surface area contributed by atoms with E-state index in [2.05, 4.69) is 0 Å². The summed E-state index contributed by atoms with van der Waals surface area (Å²) >= 11 is 0. The lowest BCUT2D eigenvalue weighted by Gasteiger charge is -2.21. The largest absolute Gasteiger partial charge is 0.493 e. The van der Waals surface area contributed by atoms with Crippen LogP contribution in [-0.4, -0.2) is 33.5 Å². The van der Waals surface area contributed by atoms with Crippen LogP contribution in [0.1, 0.15) is 28.4 Å². The topological polar surface area (TPSA) is 57.2 Å². The highest BCUT2D eigenvalue weighted by Crippen LogP contribution is 2.39. The molecule has 0 fully saturated rings. The summed E-state index contributed by atoms with van der Waals surface area (Å²) in [7, 11) is 6.39. The van der Waals surface area contributed by atoms with Gasteiger partial charge in [-0.15, -0.1) is 0 Å². The van der Waals surface area contributed by atoms with Gasteiger partial charge in [-0.1, -0.05) is 12.2 Å². The van der Waals surface area contributed by atoms with E-state index in [-0.39, 0.29) is 0 Å². The molecule has 5 nitrogen and oxygen atoms in total. The molecule has 1 aliphatic carbocycles. The van der Waals surface area contributed by atoms with Crippen LogP contribution in [0.4, 0.5) is 0 Å². The van der Waals surface area contributed by atoms with Crippen LogP contribution >= 0.6 is 0 Å². The van der Waals surface area contributed by atoms with E-state index >= 15 is 0 Å². The van der Waals surface area contributed by atoms with Crippen LogP contribution in [0.5, 0.6) is 23.0 Å². The third-order valence-corrected chi connectivity index (χ3v) is 4.45. The van der Waals surface area contributed by atoms with E-state index in [9.17, 15) is 5.11 Å². The third kappa shape index (κ3) is 3.15. The van der Waals surface area contributed by atoms with Crippen molar-refractivity contribution in [3.05, 3.63) is 46.5 Å². The Labute approximate surface area is 147 Å². The Hall–Kier alpha value is -2.66. The first-order valence-electron chi connectivity index (χ1n) is 7.98. The van der Waals surface area contributed by atoms with Gasteiger partial charge in [-0.2, -0.15) is 0 Å². The highest BCUT2D eigenvalue weighted by atomic mass is 16.5. The number of fused-ring (bicyclic) bond motifs is 2. The van der Waals surface area contributed by atoms with Crippen LogP contribution in [0.15, 0.2) is 24.3 Å². The second-order valence-electron chi connectivity index (χ2n) is 5.80. The van der Waals surface area contributed by atoms with Crippen LogP contribution in [0, 0.1) is 0 Å². The predicted octanol–water partition coefficient (Wildman–Crippen LogP) is 3.48. The van der Waals surface area contributed by atoms with E-state index in [1.807, 2.05) is 36.4 Å². The normalized spacial score (nSPS) is 16.8. The molecule has 2 aromatic rings. The number of benzene rings is 2. The van der Waals surface area contributed by atoms with Crippen molar-refractivity contribution in [3.63, 3.8) is 0 Å². The summed E-state index contributed by atoms with van der Waals surface area (Å²) in [6, 6.07) is 7.53. The molecular formula is C20H22O5. The Balaban J connectivity index is 2.14. The fourth-order valence-electron chi connectivity index (χ4n) is 3.11. The molecular weight excluding hydrogens is 320 g/mol. The molecule has 132 valence electrons. The standard InChI is InChI=1S/C20H22O5/c1-22-17-8-12-5-6-13-9-18(23-2)20(25-4)11-15(13)16(21)7-14(12)10-19(17)24-3/h5-6,8-11,16,21H,7H2,1-4H3/b6-5-. The summed E-state index contributed by atoms with van der Waals surface area (Å²) < 4.78 is 21.5. The maximum atomic E-state index is 10.8. The number of ether oxygens (including phenoxy) is 4. The van der Waals surface area contributed by atoms with Gasteiger partial charge in [0.1, 0.15) is 0 Å². The van der Waals surface area contributed by atoms with Gasteiger partial charge in [0, 0.05) is 6.42 Å². The predicted molar refractivity (Wildman–Crippen MR) is 96.7 cm³/mol. The molecule has 1 unspecified atom stereocenters. The van der Waals surface area contributed by atoms with Crippen LogP contribution in [0.2, 0.25) is 0 Å². The molecule has 0 spiro atoms. The highest BCUT2D eigenvalue weighted by molar-refractivity contribution is 5.76. The maximum absolute atomic E-state index is 10.8. The molecule has 0 saturated heterocycles. The van der Waals surface area contributed by atoms with Gasteiger partial charge >= 0.3 is 0 Å². The van der Waals surface area contributed by atoms with Gasteiger partial charge in [0.2, 0.25) is 0 Å². The first-order valence-corrected chi connectivity index (χ1v) is 7.98. The number of methoxy groups -OCH3 is 4. The van der Waals surface area contributed by atoms with Crippen molar-refractivity contribution in [1.29, 1.82) is 0 Å². The molecule has 0 aliphatic heterocycles. The summed E-state index contributed by atoms with van der Waals surface area (Å²) in [5, 5.41) is 10.8. The van der Waals surface area contributed by atoms with Gasteiger partial charge < -0.3 is 24.1 Å². The van der Waals surface area contributed by atoms with E-state index < -0.39 is 6.10 Å². The SMILES string of the molecule is COc1cc2c(cc1OC)CC(O)c1cc(OC)c(OC)cc1/C=C\2. The number of hydrogen-bond donors (Lipinski definition) is 1. The van der Waals surface area contributed by atoms with Crippen molar-refractivity contribution in [2.24, 2.45) is 0 Å². The zero-order valence-electron chi connectivity index (χ0n) is 14.8. The number of hydrogen-bond acceptors (Lipinski definition) is 5. The highest BCUT2D eigenvalue weighted by Gasteiger charge is 2.21. The van der Waals surface area contributed by atoms with Crippen molar-refractivity contribution >= 4 is 12.2 Å². The smallest absolute Gasteiger partial charge is 0.161 e. The first-order chi connectivity index (χ1) is 12.1. The van der Waals surface area contributed by atoms with Crippen LogP contribution < -0.4 is 18.9 Å². The van der Waals surface area contributed by atoms with Crippen LogP contribution in [0.25, 0.3) is 12.2 Å². The fourth-order valence-corrected chi connectivity index (χ4v) is 3.11. The molecule has 0 saturated carbocycles. The molecule has 25 heavy (non-hydrogen) atoms. The molecule has 0 heterocycles. The molecule has 3 rings (SSSR count). The zero-order valence-corrected chi connectivity index (χ0v) is 14.8. The van der Waals surface area contributed by atoms with Crippen molar-refractivity contribution in [2.45, 2.75) is 12.5 Å². The quantitative estimate of drug-likeness (QED) is 0.922. The van der Waals surface area contributed by atoms with E-state index in [0.29, 0.717) is 29.4 Å². The van der Waals surface area contributed by atoms with E-state index in [4.69, 9.17) is 18.9 Å². The molecule has 1 atom stereocenters. The number of rotatable bonds is 4. The minimum atomic E-state index is -0.670. The molecule has 5 heteroatoms. The fraction of sp³-hybridized carbons (Fsp3) is 0.300. The maximum Gasteiger partial charge on any atom is 0.161 e. The van der Waals surface area contributed by atoms with Crippen molar-refractivity contribution in [3.8, 4) is 23.0 Å². The minimum absolute atomic E-state index is 0.461. The van der Waals surface area contributed by atoms with Gasteiger partial charge in [0.05, 0.1) is 34.5 Å². The molecule has 2 aromatic carbocycles. The van der Waals surface area contributed by atoms with Gasteiger partial charge in [0.15, 0.2) is 23.0 Å². The lowest BCUT2D eigenvalue weighted by Crippen LogP contribution is -2.08. The Kier molecular flexibility index (Phi) is 4.86.